The first kappa shape index (κ1) is 32.5. The summed E-state index contributed by atoms with van der Waals surface area (Å²) in [6.07, 6.45) is 6.19. The molecule has 1 aliphatic rings. The van der Waals surface area contributed by atoms with Crippen molar-refractivity contribution in [3.05, 3.63) is 82.4 Å². The zero-order valence-electron chi connectivity index (χ0n) is 25.1. The average molecular weight is 665 g/mol. The molecular weight excluding hydrogens is 633 g/mol. The summed E-state index contributed by atoms with van der Waals surface area (Å²) in [6, 6.07) is 13.4. The molecule has 1 fully saturated rings. The summed E-state index contributed by atoms with van der Waals surface area (Å²) in [6.45, 7) is 2.85. The molecule has 3 amide bonds. The van der Waals surface area contributed by atoms with Gasteiger partial charge in [-0.2, -0.15) is 9.78 Å². The topological polar surface area (TPSA) is 157 Å². The third kappa shape index (κ3) is 8.23. The van der Waals surface area contributed by atoms with Crippen LogP contribution in [0.25, 0.3) is 22.9 Å². The summed E-state index contributed by atoms with van der Waals surface area (Å²) in [5, 5.41) is 26.2. The molecule has 2 N–H and O–H groups in total. The summed E-state index contributed by atoms with van der Waals surface area (Å²) in [4.78, 5) is 38.9. The van der Waals surface area contributed by atoms with Gasteiger partial charge in [0.2, 0.25) is 11.8 Å². The second-order valence-electron chi connectivity index (χ2n) is 10.7. The average Bonchev–Trinajstić information content (AvgIpc) is 3.59. The number of anilines is 1. The van der Waals surface area contributed by atoms with Crippen LogP contribution in [0.15, 0.2) is 60.9 Å². The molecule has 2 aromatic carbocycles. The molecule has 2 unspecified atom stereocenters. The van der Waals surface area contributed by atoms with Crippen LogP contribution in [0.1, 0.15) is 43.5 Å². The fourth-order valence-corrected chi connectivity index (χ4v) is 5.70. The third-order valence-corrected chi connectivity index (χ3v) is 8.12. The van der Waals surface area contributed by atoms with Crippen LogP contribution >= 0.6 is 23.2 Å². The smallest absolute Gasteiger partial charge is 0.411 e. The van der Waals surface area contributed by atoms with E-state index in [4.69, 9.17) is 23.2 Å². The number of hydrogen-bond acceptors (Lipinski definition) is 9. The molecule has 4 aromatic rings. The van der Waals surface area contributed by atoms with Crippen molar-refractivity contribution in [2.45, 2.75) is 32.2 Å². The van der Waals surface area contributed by atoms with Gasteiger partial charge < -0.3 is 15.0 Å². The second kappa shape index (κ2) is 14.9. The van der Waals surface area contributed by atoms with Crippen molar-refractivity contribution in [2.24, 2.45) is 5.92 Å². The number of methoxy groups -OCH3 is 1. The molecule has 0 saturated carbocycles. The van der Waals surface area contributed by atoms with Gasteiger partial charge in [-0.15, -0.1) is 10.2 Å². The predicted molar refractivity (Wildman–Crippen MR) is 172 cm³/mol. The van der Waals surface area contributed by atoms with Crippen molar-refractivity contribution in [3.8, 4) is 16.8 Å². The second-order valence-corrected chi connectivity index (χ2v) is 11.5. The maximum Gasteiger partial charge on any atom is 0.411 e. The molecular formula is C31H31Cl2N9O4. The number of ether oxygens (including phenoxy) is 1. The molecule has 0 bridgehead atoms. The zero-order valence-corrected chi connectivity index (χ0v) is 26.6. The van der Waals surface area contributed by atoms with E-state index in [0.29, 0.717) is 52.7 Å². The van der Waals surface area contributed by atoms with E-state index in [-0.39, 0.29) is 22.9 Å². The third-order valence-electron chi connectivity index (χ3n) is 7.60. The van der Waals surface area contributed by atoms with E-state index < -0.39 is 12.1 Å². The highest BCUT2D eigenvalue weighted by atomic mass is 35.5. The Kier molecular flexibility index (Phi) is 10.6. The first-order valence-electron chi connectivity index (χ1n) is 14.5. The van der Waals surface area contributed by atoms with Gasteiger partial charge in [-0.05, 0) is 83.6 Å². The van der Waals surface area contributed by atoms with E-state index in [0.717, 1.165) is 18.4 Å². The Morgan fingerprint density at radius 2 is 1.91 bits per heavy atom. The van der Waals surface area contributed by atoms with Crippen LogP contribution in [0.5, 0.6) is 0 Å². The van der Waals surface area contributed by atoms with E-state index in [1.165, 1.54) is 24.2 Å². The number of benzene rings is 2. The summed E-state index contributed by atoms with van der Waals surface area (Å²) in [7, 11) is 1.29. The number of hydrogen-bond donors (Lipinski definition) is 2. The number of tetrazole rings is 1. The molecule has 0 radical (unpaired) electrons. The molecule has 238 valence electrons. The van der Waals surface area contributed by atoms with Crippen molar-refractivity contribution in [1.29, 1.82) is 0 Å². The molecule has 15 heteroatoms. The fourth-order valence-electron chi connectivity index (χ4n) is 5.32. The minimum absolute atomic E-state index is 0.0202. The summed E-state index contributed by atoms with van der Waals surface area (Å²) >= 11 is 12.7. The number of carbonyl (C=O) groups is 3. The van der Waals surface area contributed by atoms with Gasteiger partial charge in [-0.3, -0.25) is 14.9 Å². The molecule has 0 spiro atoms. The Morgan fingerprint density at radius 1 is 1.11 bits per heavy atom. The molecule has 3 heterocycles. The molecule has 46 heavy (non-hydrogen) atoms. The highest BCUT2D eigenvalue weighted by molar-refractivity contribution is 6.32. The minimum Gasteiger partial charge on any atom is -0.453 e. The van der Waals surface area contributed by atoms with Gasteiger partial charge in [-0.1, -0.05) is 35.3 Å². The number of likely N-dealkylation sites (tertiary alicyclic amines) is 1. The monoisotopic (exact) mass is 663 g/mol. The Balaban J connectivity index is 1.42. The normalized spacial score (nSPS) is 15.4. The lowest BCUT2D eigenvalue weighted by Crippen LogP contribution is -2.40. The number of carbonyl (C=O) groups excluding carboxylic acids is 3. The van der Waals surface area contributed by atoms with Gasteiger partial charge in [0, 0.05) is 47.9 Å². The molecule has 5 rings (SSSR count). The fraction of sp³-hybridized carbons (Fsp3) is 0.290. The number of nitrogens with one attached hydrogen (secondary N) is 2. The van der Waals surface area contributed by atoms with Crippen LogP contribution < -0.4 is 10.6 Å². The Hall–Kier alpha value is -4.88. The highest BCUT2D eigenvalue weighted by Crippen LogP contribution is 2.32. The minimum atomic E-state index is -0.584. The quantitative estimate of drug-likeness (QED) is 0.232. The van der Waals surface area contributed by atoms with Crippen molar-refractivity contribution in [2.75, 3.05) is 25.5 Å². The van der Waals surface area contributed by atoms with Crippen LogP contribution in [0.3, 0.4) is 0 Å². The van der Waals surface area contributed by atoms with Gasteiger partial charge in [0.25, 0.3) is 0 Å². The highest BCUT2D eigenvalue weighted by Gasteiger charge is 2.27. The molecule has 2 atom stereocenters. The Labute approximate surface area is 274 Å². The SMILES string of the molecule is COC(=O)Nc1ccc(-c2cc(C(CC3CCCN(C(C)=O)C3)NC(=O)/C=C/c3cc(Cl)ccc3-n3cnnn3)nnc2Cl)cc1. The van der Waals surface area contributed by atoms with Gasteiger partial charge in [0.15, 0.2) is 5.15 Å². The van der Waals surface area contributed by atoms with E-state index in [9.17, 15) is 14.4 Å². The summed E-state index contributed by atoms with van der Waals surface area (Å²) < 4.78 is 6.12. The van der Waals surface area contributed by atoms with Crippen LogP contribution in [-0.2, 0) is 14.3 Å². The van der Waals surface area contributed by atoms with Crippen LogP contribution in [0.4, 0.5) is 10.5 Å². The molecule has 0 aliphatic carbocycles. The first-order valence-corrected chi connectivity index (χ1v) is 15.2. The van der Waals surface area contributed by atoms with Crippen molar-refractivity contribution in [3.63, 3.8) is 0 Å². The van der Waals surface area contributed by atoms with Crippen molar-refractivity contribution >= 4 is 52.9 Å². The first-order chi connectivity index (χ1) is 22.2. The number of nitrogens with zero attached hydrogens (tertiary/aromatic N) is 7. The van der Waals surface area contributed by atoms with Gasteiger partial charge in [-0.25, -0.2) is 4.79 Å². The van der Waals surface area contributed by atoms with Gasteiger partial charge in [0.05, 0.1) is 24.5 Å². The Morgan fingerprint density at radius 3 is 2.63 bits per heavy atom. The van der Waals surface area contributed by atoms with Crippen LogP contribution in [0.2, 0.25) is 10.2 Å². The maximum atomic E-state index is 13.4. The molecule has 2 aromatic heterocycles. The molecule has 1 saturated heterocycles. The van der Waals surface area contributed by atoms with E-state index in [2.05, 4.69) is 41.1 Å². The van der Waals surface area contributed by atoms with Gasteiger partial charge >= 0.3 is 6.09 Å². The predicted octanol–water partition coefficient (Wildman–Crippen LogP) is 5.12. The molecule has 1 aliphatic heterocycles. The lowest BCUT2D eigenvalue weighted by molar-refractivity contribution is -0.130. The lowest BCUT2D eigenvalue weighted by Gasteiger charge is -2.34. The van der Waals surface area contributed by atoms with Gasteiger partial charge in [0.1, 0.15) is 6.33 Å². The zero-order chi connectivity index (χ0) is 32.6. The number of halogens is 2. The van der Waals surface area contributed by atoms with E-state index in [1.54, 1.807) is 61.5 Å². The largest absolute Gasteiger partial charge is 0.453 e. The van der Waals surface area contributed by atoms with Crippen molar-refractivity contribution < 1.29 is 19.1 Å². The number of amides is 3. The number of piperidine rings is 1. The summed E-state index contributed by atoms with van der Waals surface area (Å²) in [5.41, 5.74) is 3.66. The Bertz CT molecular complexity index is 1730. The standard InChI is InChI=1S/C31H31Cl2N9O4/c1-19(43)41-13-3-4-20(17-41)14-26(36-29(44)12-7-22-15-23(32)8-11-28(22)42-18-34-39-40-42)27-16-25(30(33)38-37-27)21-5-9-24(10-6-21)35-31(45)46-2/h5-12,15-16,18,20,26H,3-4,13-14,17H2,1-2H3,(H,35,45)(H,36,44)/b12-7+. The lowest BCUT2D eigenvalue weighted by atomic mass is 9.89. The van der Waals surface area contributed by atoms with Crippen LogP contribution in [0, 0.1) is 5.92 Å². The van der Waals surface area contributed by atoms with Crippen LogP contribution in [-0.4, -0.2) is 73.4 Å². The summed E-state index contributed by atoms with van der Waals surface area (Å²) in [5.74, 6) is -0.230. The maximum absolute atomic E-state index is 13.4. The van der Waals surface area contributed by atoms with Crippen molar-refractivity contribution in [1.82, 2.24) is 40.6 Å². The van der Waals surface area contributed by atoms with E-state index >= 15 is 0 Å². The molecule has 13 nitrogen and oxygen atoms in total. The van der Waals surface area contributed by atoms with E-state index in [1.807, 2.05) is 4.90 Å². The number of aromatic nitrogens is 6. The number of rotatable bonds is 9.